The van der Waals surface area contributed by atoms with Gasteiger partial charge in [0.15, 0.2) is 0 Å². The number of carbonyl (C=O) groups excluding carboxylic acids is 2. The number of amides is 2. The molecule has 3 aliphatic rings. The van der Waals surface area contributed by atoms with Crippen molar-refractivity contribution in [2.45, 2.75) is 63.3 Å². The van der Waals surface area contributed by atoms with Crippen LogP contribution in [-0.2, 0) is 9.59 Å². The molecule has 4 heteroatoms. The van der Waals surface area contributed by atoms with E-state index in [-0.39, 0.29) is 18.4 Å². The molecule has 1 N–H and O–H groups in total. The summed E-state index contributed by atoms with van der Waals surface area (Å²) >= 11 is 0. The van der Waals surface area contributed by atoms with Gasteiger partial charge in [-0.15, -0.1) is 0 Å². The Bertz CT molecular complexity index is 370. The predicted molar refractivity (Wildman–Crippen MR) is 72.5 cm³/mol. The van der Waals surface area contributed by atoms with Crippen LogP contribution in [0.25, 0.3) is 0 Å². The Hall–Kier alpha value is -1.06. The van der Waals surface area contributed by atoms with Crippen molar-refractivity contribution in [2.75, 3.05) is 13.1 Å². The smallest absolute Gasteiger partial charge is 0.248 e. The molecule has 0 aromatic heterocycles. The van der Waals surface area contributed by atoms with Crippen LogP contribution in [0.1, 0.15) is 57.8 Å². The molecule has 0 radical (unpaired) electrons. The molecule has 1 aliphatic heterocycles. The van der Waals surface area contributed by atoms with Crippen LogP contribution in [0, 0.1) is 5.92 Å². The molecular weight excluding hydrogens is 240 g/mol. The second-order valence-corrected chi connectivity index (χ2v) is 6.50. The van der Waals surface area contributed by atoms with Gasteiger partial charge < -0.3 is 10.2 Å². The van der Waals surface area contributed by atoms with Crippen LogP contribution in [0.3, 0.4) is 0 Å². The monoisotopic (exact) mass is 264 g/mol. The first-order valence-corrected chi connectivity index (χ1v) is 7.80. The third-order valence-corrected chi connectivity index (χ3v) is 5.15. The van der Waals surface area contributed by atoms with Gasteiger partial charge in [0.2, 0.25) is 11.8 Å². The fraction of sp³-hybridized carbons (Fsp3) is 0.867. The second kappa shape index (κ2) is 5.14. The molecule has 0 bridgehead atoms. The maximum Gasteiger partial charge on any atom is 0.248 e. The lowest BCUT2D eigenvalue weighted by atomic mass is 9.78. The molecule has 106 valence electrons. The van der Waals surface area contributed by atoms with Gasteiger partial charge in [-0.05, 0) is 25.2 Å². The van der Waals surface area contributed by atoms with Crippen LogP contribution in [0.2, 0.25) is 0 Å². The number of nitrogens with zero attached hydrogens (tertiary/aromatic N) is 1. The highest BCUT2D eigenvalue weighted by atomic mass is 16.2. The van der Waals surface area contributed by atoms with Crippen LogP contribution in [0.5, 0.6) is 0 Å². The zero-order chi connectivity index (χ0) is 13.3. The number of hydrogen-bond acceptors (Lipinski definition) is 2. The summed E-state index contributed by atoms with van der Waals surface area (Å²) in [5.74, 6) is 1.02. The molecular formula is C15H24N2O2. The van der Waals surface area contributed by atoms with E-state index < -0.39 is 5.54 Å². The minimum Gasteiger partial charge on any atom is -0.340 e. The van der Waals surface area contributed by atoms with E-state index in [0.717, 1.165) is 44.6 Å². The first-order valence-electron chi connectivity index (χ1n) is 7.80. The first kappa shape index (κ1) is 12.9. The number of rotatable bonds is 3. The lowest BCUT2D eigenvalue weighted by Gasteiger charge is -2.44. The average Bonchev–Trinajstić information content (AvgIpc) is 2.34. The highest BCUT2D eigenvalue weighted by Crippen LogP contribution is 2.33. The molecule has 2 saturated carbocycles. The fourth-order valence-electron chi connectivity index (χ4n) is 3.70. The van der Waals surface area contributed by atoms with Crippen molar-refractivity contribution >= 4 is 11.8 Å². The van der Waals surface area contributed by atoms with Crippen molar-refractivity contribution < 1.29 is 9.59 Å². The fourth-order valence-corrected chi connectivity index (χ4v) is 3.70. The molecule has 4 nitrogen and oxygen atoms in total. The number of carbonyl (C=O) groups is 2. The molecule has 2 amide bonds. The zero-order valence-electron chi connectivity index (χ0n) is 11.6. The summed E-state index contributed by atoms with van der Waals surface area (Å²) in [7, 11) is 0. The van der Waals surface area contributed by atoms with Crippen LogP contribution in [0.4, 0.5) is 0 Å². The van der Waals surface area contributed by atoms with Crippen LogP contribution in [-0.4, -0.2) is 35.3 Å². The lowest BCUT2D eigenvalue weighted by Crippen LogP contribution is -2.67. The highest BCUT2D eigenvalue weighted by Gasteiger charge is 2.46. The van der Waals surface area contributed by atoms with E-state index in [9.17, 15) is 9.59 Å². The van der Waals surface area contributed by atoms with Crippen LogP contribution < -0.4 is 5.32 Å². The largest absolute Gasteiger partial charge is 0.340 e. The quantitative estimate of drug-likeness (QED) is 0.845. The predicted octanol–water partition coefficient (Wildman–Crippen LogP) is 1.84. The van der Waals surface area contributed by atoms with Crippen molar-refractivity contribution in [2.24, 2.45) is 5.92 Å². The summed E-state index contributed by atoms with van der Waals surface area (Å²) in [6.07, 6.45) is 9.99. The van der Waals surface area contributed by atoms with E-state index in [0.29, 0.717) is 0 Å². The molecule has 0 unspecified atom stereocenters. The molecule has 3 rings (SSSR count). The maximum absolute atomic E-state index is 12.7. The van der Waals surface area contributed by atoms with Gasteiger partial charge in [-0.2, -0.15) is 0 Å². The summed E-state index contributed by atoms with van der Waals surface area (Å²) in [6.45, 7) is 1.05. The van der Waals surface area contributed by atoms with Crippen molar-refractivity contribution in [1.82, 2.24) is 10.2 Å². The van der Waals surface area contributed by atoms with Gasteiger partial charge in [-0.1, -0.05) is 38.5 Å². The van der Waals surface area contributed by atoms with Crippen molar-refractivity contribution in [1.29, 1.82) is 0 Å². The number of piperazine rings is 1. The molecule has 0 aromatic carbocycles. The van der Waals surface area contributed by atoms with Gasteiger partial charge in [0.05, 0.1) is 6.54 Å². The first-order chi connectivity index (χ1) is 9.20. The Balaban J connectivity index is 1.65. The molecule has 0 atom stereocenters. The minimum atomic E-state index is -0.548. The maximum atomic E-state index is 12.7. The standard InChI is InChI=1S/C15H24N2O2/c18-13-11-17(10-7-12-5-4-6-12)14(19)15(16-13)8-2-1-3-9-15/h12H,1-11H2,(H,16,18). The molecule has 1 spiro atoms. The Kier molecular flexibility index (Phi) is 3.50. The third kappa shape index (κ3) is 2.49. The van der Waals surface area contributed by atoms with E-state index in [1.165, 1.54) is 25.7 Å². The average molecular weight is 264 g/mol. The normalized spacial score (nSPS) is 27.3. The van der Waals surface area contributed by atoms with E-state index in [1.54, 1.807) is 0 Å². The van der Waals surface area contributed by atoms with Crippen LogP contribution >= 0.6 is 0 Å². The van der Waals surface area contributed by atoms with Gasteiger partial charge in [0, 0.05) is 6.54 Å². The van der Waals surface area contributed by atoms with Crippen molar-refractivity contribution in [3.8, 4) is 0 Å². The van der Waals surface area contributed by atoms with E-state index in [1.807, 2.05) is 4.90 Å². The highest BCUT2D eigenvalue weighted by molar-refractivity contribution is 5.98. The molecule has 3 fully saturated rings. The summed E-state index contributed by atoms with van der Waals surface area (Å²) in [4.78, 5) is 26.4. The zero-order valence-corrected chi connectivity index (χ0v) is 11.6. The lowest BCUT2D eigenvalue weighted by molar-refractivity contribution is -0.151. The van der Waals surface area contributed by atoms with Crippen LogP contribution in [0.15, 0.2) is 0 Å². The Morgan fingerprint density at radius 2 is 1.84 bits per heavy atom. The number of nitrogens with one attached hydrogen (secondary N) is 1. The molecule has 0 aromatic rings. The SMILES string of the molecule is O=C1CN(CCC2CCC2)C(=O)C2(CCCCC2)N1. The van der Waals surface area contributed by atoms with E-state index in [4.69, 9.17) is 0 Å². The third-order valence-electron chi connectivity index (χ3n) is 5.15. The summed E-state index contributed by atoms with van der Waals surface area (Å²) in [6, 6.07) is 0. The van der Waals surface area contributed by atoms with Gasteiger partial charge in [0.25, 0.3) is 0 Å². The van der Waals surface area contributed by atoms with Gasteiger partial charge in [0.1, 0.15) is 5.54 Å². The molecule has 2 aliphatic carbocycles. The van der Waals surface area contributed by atoms with Crippen molar-refractivity contribution in [3.05, 3.63) is 0 Å². The summed E-state index contributed by atoms with van der Waals surface area (Å²) in [5, 5.41) is 3.00. The summed E-state index contributed by atoms with van der Waals surface area (Å²) < 4.78 is 0. The van der Waals surface area contributed by atoms with E-state index >= 15 is 0 Å². The van der Waals surface area contributed by atoms with Gasteiger partial charge in [-0.3, -0.25) is 9.59 Å². The Morgan fingerprint density at radius 3 is 2.47 bits per heavy atom. The molecule has 1 saturated heterocycles. The minimum absolute atomic E-state index is 0.0371. The Morgan fingerprint density at radius 1 is 1.11 bits per heavy atom. The Labute approximate surface area is 114 Å². The van der Waals surface area contributed by atoms with Gasteiger partial charge in [-0.25, -0.2) is 0 Å². The number of hydrogen-bond donors (Lipinski definition) is 1. The molecule has 1 heterocycles. The topological polar surface area (TPSA) is 49.4 Å². The molecule has 19 heavy (non-hydrogen) atoms. The van der Waals surface area contributed by atoms with Crippen molar-refractivity contribution in [3.63, 3.8) is 0 Å². The van der Waals surface area contributed by atoms with Gasteiger partial charge >= 0.3 is 0 Å². The summed E-state index contributed by atoms with van der Waals surface area (Å²) in [5.41, 5.74) is -0.548. The van der Waals surface area contributed by atoms with E-state index in [2.05, 4.69) is 5.32 Å². The second-order valence-electron chi connectivity index (χ2n) is 6.50.